The topological polar surface area (TPSA) is 51.5 Å². The molecule has 1 aromatic heterocycles. The third-order valence-corrected chi connectivity index (χ3v) is 3.53. The van der Waals surface area contributed by atoms with E-state index in [-0.39, 0.29) is 17.6 Å². The van der Waals surface area contributed by atoms with Gasteiger partial charge in [0.1, 0.15) is 23.4 Å². The van der Waals surface area contributed by atoms with Crippen molar-refractivity contribution in [2.45, 2.75) is 26.0 Å². The monoisotopic (exact) mass is 275 g/mol. The molecular formula is C15H14FNO3. The number of carboxylic acids is 1. The van der Waals surface area contributed by atoms with Gasteiger partial charge in [0.05, 0.1) is 6.54 Å². The molecular weight excluding hydrogens is 261 g/mol. The number of rotatable bonds is 3. The minimum absolute atomic E-state index is 0.170. The van der Waals surface area contributed by atoms with Crippen molar-refractivity contribution in [2.75, 3.05) is 0 Å². The summed E-state index contributed by atoms with van der Waals surface area (Å²) in [5, 5.41) is 9.21. The fourth-order valence-corrected chi connectivity index (χ4v) is 2.64. The van der Waals surface area contributed by atoms with Crippen LogP contribution in [0, 0.1) is 12.7 Å². The lowest BCUT2D eigenvalue weighted by Gasteiger charge is -2.13. The number of aromatic carboxylic acids is 1. The maximum atomic E-state index is 13.2. The van der Waals surface area contributed by atoms with Gasteiger partial charge in [0.25, 0.3) is 0 Å². The number of fused-ring (bicyclic) bond motifs is 1. The summed E-state index contributed by atoms with van der Waals surface area (Å²) in [7, 11) is 0. The molecule has 104 valence electrons. The van der Waals surface area contributed by atoms with E-state index in [4.69, 9.17) is 4.74 Å². The summed E-state index contributed by atoms with van der Waals surface area (Å²) in [5.41, 5.74) is 1.82. The lowest BCUT2D eigenvalue weighted by Crippen LogP contribution is -2.23. The highest BCUT2D eigenvalue weighted by Crippen LogP contribution is 2.30. The molecule has 0 spiro atoms. The molecule has 2 heterocycles. The lowest BCUT2D eigenvalue weighted by atomic mass is 10.1. The maximum absolute atomic E-state index is 13.2. The molecule has 0 fully saturated rings. The van der Waals surface area contributed by atoms with Gasteiger partial charge < -0.3 is 14.4 Å². The van der Waals surface area contributed by atoms with E-state index in [1.165, 1.54) is 12.1 Å². The Balaban J connectivity index is 1.80. The van der Waals surface area contributed by atoms with Crippen LogP contribution in [0.15, 0.2) is 30.5 Å². The fourth-order valence-electron chi connectivity index (χ4n) is 2.64. The summed E-state index contributed by atoms with van der Waals surface area (Å²) in [6.45, 7) is 2.20. The van der Waals surface area contributed by atoms with Gasteiger partial charge in [0.15, 0.2) is 0 Å². The van der Waals surface area contributed by atoms with Crippen LogP contribution in [0.25, 0.3) is 0 Å². The van der Waals surface area contributed by atoms with Gasteiger partial charge in [0, 0.05) is 18.2 Å². The molecule has 1 unspecified atom stereocenters. The van der Waals surface area contributed by atoms with Crippen molar-refractivity contribution in [2.24, 2.45) is 0 Å². The Morgan fingerprint density at radius 2 is 2.30 bits per heavy atom. The van der Waals surface area contributed by atoms with Crippen molar-refractivity contribution in [1.29, 1.82) is 0 Å². The largest absolute Gasteiger partial charge is 0.488 e. The first kappa shape index (κ1) is 12.7. The van der Waals surface area contributed by atoms with Crippen LogP contribution in [0.3, 0.4) is 0 Å². The summed E-state index contributed by atoms with van der Waals surface area (Å²) in [4.78, 5) is 11.2. The second kappa shape index (κ2) is 4.67. The number of hydrogen-bond acceptors (Lipinski definition) is 2. The molecule has 0 amide bonds. The molecule has 0 bridgehead atoms. The normalized spacial score (nSPS) is 16.8. The molecule has 0 saturated heterocycles. The van der Waals surface area contributed by atoms with E-state index in [0.29, 0.717) is 18.7 Å². The second-order valence-electron chi connectivity index (χ2n) is 5.00. The number of hydrogen-bond donors (Lipinski definition) is 1. The Kier molecular flexibility index (Phi) is 2.97. The highest BCUT2D eigenvalue weighted by Gasteiger charge is 2.25. The third-order valence-electron chi connectivity index (χ3n) is 3.53. The number of benzene rings is 1. The molecule has 0 saturated carbocycles. The number of aryl methyl sites for hydroxylation is 1. The van der Waals surface area contributed by atoms with Gasteiger partial charge in [-0.25, -0.2) is 9.18 Å². The van der Waals surface area contributed by atoms with Crippen LogP contribution in [0.2, 0.25) is 0 Å². The van der Waals surface area contributed by atoms with Crippen LogP contribution >= 0.6 is 0 Å². The predicted molar refractivity (Wildman–Crippen MR) is 70.6 cm³/mol. The van der Waals surface area contributed by atoms with E-state index in [2.05, 4.69) is 0 Å². The highest BCUT2D eigenvalue weighted by atomic mass is 19.1. The van der Waals surface area contributed by atoms with Crippen molar-refractivity contribution in [3.8, 4) is 5.75 Å². The molecule has 1 aliphatic heterocycles. The second-order valence-corrected chi connectivity index (χ2v) is 5.00. The van der Waals surface area contributed by atoms with Gasteiger partial charge >= 0.3 is 5.97 Å². The van der Waals surface area contributed by atoms with Gasteiger partial charge in [0.2, 0.25) is 0 Å². The van der Waals surface area contributed by atoms with Crippen molar-refractivity contribution < 1.29 is 19.0 Å². The van der Waals surface area contributed by atoms with Crippen molar-refractivity contribution in [1.82, 2.24) is 4.57 Å². The summed E-state index contributed by atoms with van der Waals surface area (Å²) < 4.78 is 20.6. The fraction of sp³-hybridized carbons (Fsp3) is 0.267. The maximum Gasteiger partial charge on any atom is 0.352 e. The van der Waals surface area contributed by atoms with Gasteiger partial charge in [-0.3, -0.25) is 0 Å². The Labute approximate surface area is 115 Å². The van der Waals surface area contributed by atoms with Crippen molar-refractivity contribution in [3.63, 3.8) is 0 Å². The molecule has 3 rings (SSSR count). The Hall–Kier alpha value is -2.30. The number of aromatic nitrogens is 1. The zero-order valence-corrected chi connectivity index (χ0v) is 11.0. The van der Waals surface area contributed by atoms with Crippen LogP contribution in [-0.4, -0.2) is 21.7 Å². The van der Waals surface area contributed by atoms with Crippen LogP contribution in [0.5, 0.6) is 5.75 Å². The molecule has 20 heavy (non-hydrogen) atoms. The quantitative estimate of drug-likeness (QED) is 0.936. The molecule has 0 radical (unpaired) electrons. The van der Waals surface area contributed by atoms with Crippen LogP contribution < -0.4 is 4.74 Å². The first-order valence-electron chi connectivity index (χ1n) is 6.38. The van der Waals surface area contributed by atoms with E-state index in [1.54, 1.807) is 29.8 Å². The van der Waals surface area contributed by atoms with E-state index < -0.39 is 5.97 Å². The number of ether oxygens (including phenoxy) is 1. The zero-order valence-electron chi connectivity index (χ0n) is 11.0. The molecule has 2 aromatic rings. The first-order valence-corrected chi connectivity index (χ1v) is 6.38. The van der Waals surface area contributed by atoms with Crippen LogP contribution in [0.1, 0.15) is 21.6 Å². The molecule has 4 nitrogen and oxygen atoms in total. The standard InChI is InChI=1S/C15H14FNO3/c1-9-4-5-17(14(9)15(18)19)8-12-7-10-6-11(16)2-3-13(10)20-12/h2-6,12H,7-8H2,1H3,(H,18,19). The molecule has 5 heteroatoms. The molecule has 0 aliphatic carbocycles. The smallest absolute Gasteiger partial charge is 0.352 e. The van der Waals surface area contributed by atoms with Gasteiger partial charge in [-0.2, -0.15) is 0 Å². The van der Waals surface area contributed by atoms with Gasteiger partial charge in [-0.1, -0.05) is 0 Å². The van der Waals surface area contributed by atoms with E-state index in [9.17, 15) is 14.3 Å². The highest BCUT2D eigenvalue weighted by molar-refractivity contribution is 5.87. The summed E-state index contributed by atoms with van der Waals surface area (Å²) in [6.07, 6.45) is 2.16. The van der Waals surface area contributed by atoms with Gasteiger partial charge in [-0.05, 0) is 36.8 Å². The number of nitrogens with zero attached hydrogens (tertiary/aromatic N) is 1. The molecule has 1 N–H and O–H groups in total. The molecule has 1 aliphatic rings. The average Bonchev–Trinajstić information content (AvgIpc) is 2.92. The first-order chi connectivity index (χ1) is 9.54. The van der Waals surface area contributed by atoms with Crippen molar-refractivity contribution >= 4 is 5.97 Å². The summed E-state index contributed by atoms with van der Waals surface area (Å²) >= 11 is 0. The van der Waals surface area contributed by atoms with Gasteiger partial charge in [-0.15, -0.1) is 0 Å². The van der Waals surface area contributed by atoms with E-state index in [0.717, 1.165) is 11.1 Å². The number of carbonyl (C=O) groups is 1. The van der Waals surface area contributed by atoms with Crippen molar-refractivity contribution in [3.05, 3.63) is 53.1 Å². The minimum atomic E-state index is -0.950. The Morgan fingerprint density at radius 3 is 3.05 bits per heavy atom. The van der Waals surface area contributed by atoms with Crippen LogP contribution in [-0.2, 0) is 13.0 Å². The van der Waals surface area contributed by atoms with E-state index >= 15 is 0 Å². The number of carboxylic acid groups (broad SMARTS) is 1. The lowest BCUT2D eigenvalue weighted by molar-refractivity contribution is 0.0681. The van der Waals surface area contributed by atoms with E-state index in [1.807, 2.05) is 0 Å². The van der Waals surface area contributed by atoms with Crippen LogP contribution in [0.4, 0.5) is 4.39 Å². The summed E-state index contributed by atoms with van der Waals surface area (Å²) in [5.74, 6) is -0.553. The minimum Gasteiger partial charge on any atom is -0.488 e. The third kappa shape index (κ3) is 2.15. The predicted octanol–water partition coefficient (Wildman–Crippen LogP) is 2.64. The Morgan fingerprint density at radius 1 is 1.50 bits per heavy atom. The summed E-state index contributed by atoms with van der Waals surface area (Å²) in [6, 6.07) is 6.22. The molecule has 1 aromatic carbocycles. The number of halogens is 1. The molecule has 1 atom stereocenters. The zero-order chi connectivity index (χ0) is 14.3. The Bertz CT molecular complexity index is 678. The SMILES string of the molecule is Cc1ccn(CC2Cc3cc(F)ccc3O2)c1C(=O)O. The average molecular weight is 275 g/mol.